The molecule has 2 aromatic carbocycles. The largest absolute Gasteiger partial charge is 1.00 e. The van der Waals surface area contributed by atoms with Crippen LogP contribution in [0.1, 0.15) is 130 Å². The Morgan fingerprint density at radius 1 is 0.560 bits per heavy atom. The van der Waals surface area contributed by atoms with Gasteiger partial charge in [0.1, 0.15) is 0 Å². The molecule has 3 fully saturated rings. The van der Waals surface area contributed by atoms with Gasteiger partial charge in [-0.2, -0.15) is 0 Å². The van der Waals surface area contributed by atoms with E-state index >= 15 is 0 Å². The monoisotopic (exact) mass is 826 g/mol. The summed E-state index contributed by atoms with van der Waals surface area (Å²) < 4.78 is 8.63. The van der Waals surface area contributed by atoms with Gasteiger partial charge in [0.15, 0.2) is 0 Å². The molecule has 3 saturated carbocycles. The van der Waals surface area contributed by atoms with Gasteiger partial charge in [-0.05, 0) is 55.5 Å². The minimum Gasteiger partial charge on any atom is -1.00 e. The molecule has 1 aromatic heterocycles. The molecule has 3 aliphatic rings. The van der Waals surface area contributed by atoms with Crippen molar-refractivity contribution < 1.29 is 38.7 Å². The number of nitrogens with zero attached hydrogens (tertiary/aromatic N) is 2. The van der Waals surface area contributed by atoms with Gasteiger partial charge < -0.3 is 24.8 Å². The van der Waals surface area contributed by atoms with Crippen molar-refractivity contribution in [3.8, 4) is 11.4 Å². The number of imidazole rings is 1. The van der Waals surface area contributed by atoms with Gasteiger partial charge >= 0.3 is 178 Å². The van der Waals surface area contributed by atoms with E-state index in [0.29, 0.717) is 7.92 Å². The predicted molar refractivity (Wildman–Crippen MR) is 212 cm³/mol. The van der Waals surface area contributed by atoms with Gasteiger partial charge in [-0.15, -0.1) is 0 Å². The molecule has 280 valence electrons. The number of allylic oxidation sites excluding steroid dienone is 1. The fourth-order valence-electron chi connectivity index (χ4n) is 9.53. The Hall–Kier alpha value is -1.11. The summed E-state index contributed by atoms with van der Waals surface area (Å²) in [6, 6.07) is 9.14. The summed E-state index contributed by atoms with van der Waals surface area (Å²) in [6.07, 6.45) is 30.1. The Morgan fingerprint density at radius 2 is 0.860 bits per heavy atom. The molecular formula is C44H67Cl2N2PRu. The first kappa shape index (κ1) is 43.3. The van der Waals surface area contributed by atoms with Gasteiger partial charge in [0.05, 0.1) is 0 Å². The molecule has 0 radical (unpaired) electrons. The van der Waals surface area contributed by atoms with Crippen molar-refractivity contribution in [1.82, 2.24) is 9.13 Å². The maximum absolute atomic E-state index is 4.02. The summed E-state index contributed by atoms with van der Waals surface area (Å²) in [5.41, 5.74) is 18.9. The van der Waals surface area contributed by atoms with Crippen molar-refractivity contribution >= 4 is 12.5 Å². The first-order valence-corrected chi connectivity index (χ1v) is 26.0. The third kappa shape index (κ3) is 10.3. The van der Waals surface area contributed by atoms with E-state index in [0.717, 1.165) is 0 Å². The van der Waals surface area contributed by atoms with Crippen molar-refractivity contribution in [2.75, 3.05) is 0 Å². The quantitative estimate of drug-likeness (QED) is 0.182. The van der Waals surface area contributed by atoms with Crippen LogP contribution in [0.4, 0.5) is 0 Å². The summed E-state index contributed by atoms with van der Waals surface area (Å²) >= 11 is -2.30. The SMILES string of the molecule is C1CCC(P(C2CCCCC2)C2CCCCC2)CC1.C=C[CH]=[Ru+2]([CH3])([CH3])=[c]1n(-c2c(C)cc(C)cc2C)ccn1-c1c(C)cc(C)cc1C.[Cl-].[Cl-]. The maximum Gasteiger partial charge on any atom is -1.00 e. The molecular weight excluding hydrogens is 759 g/mol. The summed E-state index contributed by atoms with van der Waals surface area (Å²) in [4.78, 5) is 0. The number of rotatable bonds is 6. The third-order valence-electron chi connectivity index (χ3n) is 11.3. The average molecular weight is 827 g/mol. The second-order valence-corrected chi connectivity index (χ2v) is 26.1. The van der Waals surface area contributed by atoms with Crippen molar-refractivity contribution in [3.05, 3.63) is 86.7 Å². The number of halogens is 2. The normalized spacial score (nSPS) is 17.7. The Balaban J connectivity index is 0.000000280. The van der Waals surface area contributed by atoms with E-state index in [-0.39, 0.29) is 24.8 Å². The van der Waals surface area contributed by atoms with Gasteiger partial charge in [0.25, 0.3) is 0 Å². The molecule has 3 aliphatic carbocycles. The second kappa shape index (κ2) is 19.8. The van der Waals surface area contributed by atoms with Gasteiger partial charge in [0, 0.05) is 0 Å². The molecule has 0 amide bonds. The molecule has 0 unspecified atom stereocenters. The molecule has 6 heteroatoms. The molecule has 0 N–H and O–H groups in total. The van der Waals surface area contributed by atoms with Gasteiger partial charge in [-0.3, -0.25) is 0 Å². The summed E-state index contributed by atoms with van der Waals surface area (Å²) in [6.45, 7) is 17.3. The van der Waals surface area contributed by atoms with Crippen LogP contribution in [-0.4, -0.2) is 30.7 Å². The molecule has 50 heavy (non-hydrogen) atoms. The minimum atomic E-state index is -2.30. The smallest absolute Gasteiger partial charge is 1.00 e. The topological polar surface area (TPSA) is 9.86 Å². The third-order valence-corrected chi connectivity index (χ3v) is 20.1. The van der Waals surface area contributed by atoms with Gasteiger partial charge in [0.2, 0.25) is 0 Å². The van der Waals surface area contributed by atoms with E-state index in [9.17, 15) is 0 Å². The number of benzene rings is 2. The zero-order valence-electron chi connectivity index (χ0n) is 32.6. The molecule has 0 atom stereocenters. The predicted octanol–water partition coefficient (Wildman–Crippen LogP) is 7.36. The van der Waals surface area contributed by atoms with Crippen molar-refractivity contribution in [2.45, 2.75) is 166 Å². The average Bonchev–Trinajstić information content (AvgIpc) is 3.47. The second-order valence-electron chi connectivity index (χ2n) is 15.7. The molecule has 0 spiro atoms. The fraction of sp³-hybridized carbons (Fsp3) is 0.591. The van der Waals surface area contributed by atoms with Crippen LogP contribution in [-0.2, 0) is 13.9 Å². The van der Waals surface area contributed by atoms with Crippen LogP contribution in [0.5, 0.6) is 0 Å². The summed E-state index contributed by atoms with van der Waals surface area (Å²) in [7, 11) is 0.385. The van der Waals surface area contributed by atoms with Crippen LogP contribution >= 0.6 is 7.92 Å². The van der Waals surface area contributed by atoms with Crippen LogP contribution in [0.2, 0.25) is 11.0 Å². The van der Waals surface area contributed by atoms with Gasteiger partial charge in [-0.25, -0.2) is 0 Å². The van der Waals surface area contributed by atoms with E-state index in [1.54, 1.807) is 77.0 Å². The van der Waals surface area contributed by atoms with Gasteiger partial charge in [-0.1, -0.05) is 65.7 Å². The number of aryl methyl sites for hydroxylation is 6. The van der Waals surface area contributed by atoms with E-state index in [2.05, 4.69) is 110 Å². The number of aromatic nitrogens is 2. The standard InChI is InChI=1S/C21H24N2.C18H33P.C3H4.2CH3.2ClH.Ru/c1-14-9-16(3)20(17(4)10-14)22-7-8-23(13-22)21-18(5)11-15(2)12-19(21)6;1-4-10-16(11-5-1)19(17-12-6-2-7-13-17)18-14-8-3-9-15-18;1-3-2;;;;;/h7-12H,1-6H3;16-18H,1-15H2;1,3H,2H2;2*1H3;2*1H;/q;;;;;;;+2/p-2. The minimum absolute atomic E-state index is 0. The Labute approximate surface area is 322 Å². The zero-order valence-corrected chi connectivity index (χ0v) is 36.8. The first-order chi connectivity index (χ1) is 23.0. The summed E-state index contributed by atoms with van der Waals surface area (Å²) in [5, 5.41) is 0. The molecule has 3 aromatic rings. The molecule has 0 aliphatic heterocycles. The summed E-state index contributed by atoms with van der Waals surface area (Å²) in [5.74, 6) is 0. The Morgan fingerprint density at radius 3 is 1.14 bits per heavy atom. The van der Waals surface area contributed by atoms with E-state index in [4.69, 9.17) is 0 Å². The fourth-order valence-corrected chi connectivity index (χ4v) is 18.3. The molecule has 0 saturated heterocycles. The van der Waals surface area contributed by atoms with Crippen LogP contribution in [0.25, 0.3) is 11.4 Å². The molecule has 1 heterocycles. The zero-order chi connectivity index (χ0) is 34.4. The Kier molecular flexibility index (Phi) is 17.2. The Bertz CT molecular complexity index is 1550. The van der Waals surface area contributed by atoms with Crippen molar-refractivity contribution in [3.63, 3.8) is 0 Å². The van der Waals surface area contributed by atoms with Crippen molar-refractivity contribution in [1.29, 1.82) is 0 Å². The number of hydrogen-bond donors (Lipinski definition) is 0. The van der Waals surface area contributed by atoms with Crippen LogP contribution in [0, 0.1) is 45.6 Å². The first-order valence-electron chi connectivity index (χ1n) is 19.1. The van der Waals surface area contributed by atoms with E-state index in [1.165, 1.54) is 85.0 Å². The van der Waals surface area contributed by atoms with Crippen LogP contribution in [0.3, 0.4) is 0 Å². The van der Waals surface area contributed by atoms with Crippen molar-refractivity contribution in [2.24, 2.45) is 0 Å². The van der Waals surface area contributed by atoms with Crippen LogP contribution < -0.4 is 24.8 Å². The van der Waals surface area contributed by atoms with Crippen LogP contribution in [0.15, 0.2) is 49.3 Å². The number of hydrogen-bond acceptors (Lipinski definition) is 0. The molecule has 6 rings (SSSR count). The molecule has 2 nitrogen and oxygen atoms in total. The molecule has 0 bridgehead atoms. The maximum atomic E-state index is 4.02. The van der Waals surface area contributed by atoms with E-state index in [1.807, 2.05) is 6.08 Å². The van der Waals surface area contributed by atoms with E-state index < -0.39 is 13.9 Å².